The number of ether oxygens (including phenoxy) is 2. The van der Waals surface area contributed by atoms with Crippen LogP contribution < -0.4 is 0 Å². The molecule has 2 rings (SSSR count). The van der Waals surface area contributed by atoms with Crippen molar-refractivity contribution in [3.8, 4) is 0 Å². The van der Waals surface area contributed by atoms with E-state index in [1.807, 2.05) is 0 Å². The Morgan fingerprint density at radius 2 is 2.30 bits per heavy atom. The number of aliphatic imine (C=N–C) groups is 1. The summed E-state index contributed by atoms with van der Waals surface area (Å²) in [4.78, 5) is 25.8. The first-order valence-corrected chi connectivity index (χ1v) is 6.09. The van der Waals surface area contributed by atoms with Gasteiger partial charge in [0, 0.05) is 11.8 Å². The van der Waals surface area contributed by atoms with Gasteiger partial charge in [-0.3, -0.25) is 10.1 Å². The lowest BCUT2D eigenvalue weighted by Gasteiger charge is -2.13. The molecule has 8 heteroatoms. The van der Waals surface area contributed by atoms with Crippen LogP contribution in [0.2, 0.25) is 0 Å². The highest BCUT2D eigenvalue weighted by atomic mass is 16.6. The Morgan fingerprint density at radius 1 is 1.55 bits per heavy atom. The lowest BCUT2D eigenvalue weighted by molar-refractivity contribution is -0.499. The monoisotopic (exact) mass is 282 g/mol. The average Bonchev–Trinajstić information content (AvgIpc) is 2.95. The van der Waals surface area contributed by atoms with E-state index in [2.05, 4.69) is 4.99 Å². The fraction of sp³-hybridized carbons (Fsp3) is 0.500. The molecule has 0 saturated heterocycles. The van der Waals surface area contributed by atoms with Crippen LogP contribution in [-0.2, 0) is 20.8 Å². The van der Waals surface area contributed by atoms with Crippen LogP contribution in [0.4, 0.5) is 0 Å². The van der Waals surface area contributed by atoms with Crippen LogP contribution in [0.1, 0.15) is 31.5 Å². The third-order valence-corrected chi connectivity index (χ3v) is 2.68. The molecule has 0 fully saturated rings. The minimum atomic E-state index is -0.843. The fourth-order valence-electron chi connectivity index (χ4n) is 1.92. The first-order chi connectivity index (χ1) is 9.51. The summed E-state index contributed by atoms with van der Waals surface area (Å²) >= 11 is 0. The maximum absolute atomic E-state index is 11.8. The Morgan fingerprint density at radius 3 is 2.95 bits per heavy atom. The van der Waals surface area contributed by atoms with Gasteiger partial charge in [-0.05, 0) is 19.1 Å². The number of hydrogen-bond donors (Lipinski definition) is 0. The largest absolute Gasteiger partial charge is 0.467 e. The third-order valence-electron chi connectivity index (χ3n) is 2.68. The molecule has 8 nitrogen and oxygen atoms in total. The predicted molar refractivity (Wildman–Crippen MR) is 66.8 cm³/mol. The molecule has 2 unspecified atom stereocenters. The van der Waals surface area contributed by atoms with Crippen LogP contribution in [0, 0.1) is 10.1 Å². The highest BCUT2D eigenvalue weighted by molar-refractivity contribution is 5.85. The second kappa shape index (κ2) is 5.72. The van der Waals surface area contributed by atoms with Gasteiger partial charge in [0.25, 0.3) is 6.54 Å². The summed E-state index contributed by atoms with van der Waals surface area (Å²) in [7, 11) is 0. The molecule has 1 aromatic heterocycles. The fourth-order valence-corrected chi connectivity index (χ4v) is 1.92. The molecule has 0 aliphatic carbocycles. The Labute approximate surface area is 114 Å². The predicted octanol–water partition coefficient (Wildman–Crippen LogP) is 1.48. The molecule has 108 valence electrons. The number of rotatable bonds is 5. The highest BCUT2D eigenvalue weighted by Gasteiger charge is 2.39. The Balaban J connectivity index is 2.16. The Kier molecular flexibility index (Phi) is 4.02. The minimum Gasteiger partial charge on any atom is -0.467 e. The van der Waals surface area contributed by atoms with E-state index in [1.165, 1.54) is 6.07 Å². The van der Waals surface area contributed by atoms with E-state index in [4.69, 9.17) is 13.9 Å². The van der Waals surface area contributed by atoms with Crippen molar-refractivity contribution in [3.05, 3.63) is 33.8 Å². The zero-order valence-corrected chi connectivity index (χ0v) is 11.1. The number of nitro groups is 1. The topological polar surface area (TPSA) is 104 Å². The summed E-state index contributed by atoms with van der Waals surface area (Å²) in [6.45, 7) is 3.13. The first kappa shape index (κ1) is 14.0. The number of furan rings is 1. The first-order valence-electron chi connectivity index (χ1n) is 6.09. The van der Waals surface area contributed by atoms with E-state index in [1.54, 1.807) is 19.9 Å². The van der Waals surface area contributed by atoms with Gasteiger partial charge >= 0.3 is 5.97 Å². The van der Waals surface area contributed by atoms with Crippen LogP contribution in [-0.4, -0.2) is 29.4 Å². The van der Waals surface area contributed by atoms with Crippen molar-refractivity contribution in [1.82, 2.24) is 0 Å². The summed E-state index contributed by atoms with van der Waals surface area (Å²) in [5.74, 6) is 0.350. The molecule has 0 aromatic carbocycles. The molecule has 0 spiro atoms. The number of hydrogen-bond acceptors (Lipinski definition) is 7. The van der Waals surface area contributed by atoms with Gasteiger partial charge in [0.15, 0.2) is 23.8 Å². The van der Waals surface area contributed by atoms with Crippen LogP contribution in [0.3, 0.4) is 0 Å². The number of carbonyl (C=O) groups excluding carboxylic acids is 1. The molecule has 2 atom stereocenters. The van der Waals surface area contributed by atoms with Gasteiger partial charge in [-0.2, -0.15) is 0 Å². The molecule has 0 amide bonds. The lowest BCUT2D eigenvalue weighted by atomic mass is 10.1. The smallest absolute Gasteiger partial charge is 0.335 e. The molecule has 0 saturated carbocycles. The number of esters is 1. The Bertz CT molecular complexity index is 550. The molecular formula is C12H14N2O6. The van der Waals surface area contributed by atoms with Gasteiger partial charge in [-0.15, -0.1) is 0 Å². The molecule has 1 aromatic rings. The maximum Gasteiger partial charge on any atom is 0.335 e. The summed E-state index contributed by atoms with van der Waals surface area (Å²) in [5.41, 5.74) is 0. The van der Waals surface area contributed by atoms with Gasteiger partial charge in [0.2, 0.25) is 0 Å². The van der Waals surface area contributed by atoms with E-state index >= 15 is 0 Å². The van der Waals surface area contributed by atoms with E-state index in [9.17, 15) is 14.9 Å². The lowest BCUT2D eigenvalue weighted by Crippen LogP contribution is -2.26. The molecule has 0 N–H and O–H groups in total. The van der Waals surface area contributed by atoms with Gasteiger partial charge in [0.1, 0.15) is 5.76 Å². The number of carbonyl (C=O) groups is 1. The van der Waals surface area contributed by atoms with E-state index in [0.29, 0.717) is 11.7 Å². The van der Waals surface area contributed by atoms with Gasteiger partial charge in [-0.1, -0.05) is 0 Å². The Hall–Kier alpha value is -2.38. The SMILES string of the molecule is CCOC(=O)C1N=C(C)OC1c1ccc(C[N+](=O)[O-])o1. The molecule has 0 radical (unpaired) electrons. The second-order valence-electron chi connectivity index (χ2n) is 4.18. The van der Waals surface area contributed by atoms with Crippen LogP contribution in [0.25, 0.3) is 0 Å². The van der Waals surface area contributed by atoms with E-state index in [-0.39, 0.29) is 12.4 Å². The van der Waals surface area contributed by atoms with Gasteiger partial charge in [0.05, 0.1) is 6.61 Å². The second-order valence-corrected chi connectivity index (χ2v) is 4.18. The van der Waals surface area contributed by atoms with Crippen molar-refractivity contribution in [2.45, 2.75) is 32.5 Å². The molecule has 1 aliphatic rings. The highest BCUT2D eigenvalue weighted by Crippen LogP contribution is 2.31. The average molecular weight is 282 g/mol. The quantitative estimate of drug-likeness (QED) is 0.460. The van der Waals surface area contributed by atoms with Crippen molar-refractivity contribution in [2.75, 3.05) is 6.61 Å². The molecule has 20 heavy (non-hydrogen) atoms. The van der Waals surface area contributed by atoms with Crippen molar-refractivity contribution in [3.63, 3.8) is 0 Å². The maximum atomic E-state index is 11.8. The van der Waals surface area contributed by atoms with E-state index in [0.717, 1.165) is 0 Å². The van der Waals surface area contributed by atoms with Crippen LogP contribution >= 0.6 is 0 Å². The minimum absolute atomic E-state index is 0.195. The van der Waals surface area contributed by atoms with E-state index < -0.39 is 29.6 Å². The van der Waals surface area contributed by atoms with Crippen molar-refractivity contribution < 1.29 is 23.6 Å². The van der Waals surface area contributed by atoms with Crippen molar-refractivity contribution in [1.29, 1.82) is 0 Å². The normalized spacial score (nSPS) is 21.2. The summed E-state index contributed by atoms with van der Waals surface area (Å²) < 4.78 is 15.7. The van der Waals surface area contributed by atoms with Crippen molar-refractivity contribution >= 4 is 11.9 Å². The zero-order valence-electron chi connectivity index (χ0n) is 11.1. The summed E-state index contributed by atoms with van der Waals surface area (Å²) in [5, 5.41) is 10.4. The summed E-state index contributed by atoms with van der Waals surface area (Å²) in [6.07, 6.45) is -0.741. The number of nitrogens with zero attached hydrogens (tertiary/aromatic N) is 2. The van der Waals surface area contributed by atoms with Crippen molar-refractivity contribution in [2.24, 2.45) is 4.99 Å². The summed E-state index contributed by atoms with van der Waals surface area (Å²) in [6, 6.07) is 2.19. The molecular weight excluding hydrogens is 268 g/mol. The standard InChI is InChI=1S/C12H14N2O6/c1-3-18-12(15)10-11(19-7(2)13-10)9-5-4-8(20-9)6-14(16)17/h4-5,10-11H,3,6H2,1-2H3. The third kappa shape index (κ3) is 2.95. The molecule has 2 heterocycles. The van der Waals surface area contributed by atoms with Gasteiger partial charge < -0.3 is 13.9 Å². The zero-order chi connectivity index (χ0) is 14.7. The molecule has 0 bridgehead atoms. The van der Waals surface area contributed by atoms with Crippen LogP contribution in [0.15, 0.2) is 21.5 Å². The molecule has 1 aliphatic heterocycles. The van der Waals surface area contributed by atoms with Gasteiger partial charge in [-0.25, -0.2) is 9.79 Å². The van der Waals surface area contributed by atoms with Crippen LogP contribution in [0.5, 0.6) is 0 Å².